The Balaban J connectivity index is 0. The van der Waals surface area contributed by atoms with E-state index in [1.807, 2.05) is 0 Å². The molecule has 0 saturated heterocycles. The van der Waals surface area contributed by atoms with Crippen molar-refractivity contribution in [2.45, 2.75) is 0 Å². The molecule has 0 fully saturated rings. The van der Waals surface area contributed by atoms with Crippen LogP contribution in [0.4, 0.5) is 0 Å². The van der Waals surface area contributed by atoms with E-state index in [1.54, 1.807) is 0 Å². The minimum atomic E-state index is 0. The molecule has 0 aromatic rings. The second kappa shape index (κ2) is 20.3. The predicted molar refractivity (Wildman–Crippen MR) is 11.3 cm³/mol. The zero-order chi connectivity index (χ0) is 0. The van der Waals surface area contributed by atoms with Gasteiger partial charge in [0.05, 0.1) is 0 Å². The maximum absolute atomic E-state index is 0. The first-order valence-corrected chi connectivity index (χ1v) is 0. The zero-order valence-electron chi connectivity index (χ0n) is 1.15. The maximum Gasteiger partial charge on any atom is 0 e. The summed E-state index contributed by atoms with van der Waals surface area (Å²) in [6.45, 7) is 0. The van der Waals surface area contributed by atoms with E-state index in [0.717, 1.165) is 0 Å². The van der Waals surface area contributed by atoms with Crippen LogP contribution in [-0.2, 0) is 55.2 Å². The molecule has 0 atom stereocenters. The molecule has 0 unspecified atom stereocenters. The van der Waals surface area contributed by atoms with Crippen LogP contribution in [0.2, 0.25) is 0 Å². The molecule has 0 aliphatic heterocycles. The molecule has 0 nitrogen and oxygen atoms in total. The van der Waals surface area contributed by atoms with Crippen molar-refractivity contribution in [3.63, 3.8) is 0 Å². The Hall–Kier alpha value is 1.94. The first-order valence-electron chi connectivity index (χ1n) is 0. The van der Waals surface area contributed by atoms with Crippen molar-refractivity contribution >= 4 is 11.0 Å². The van der Waals surface area contributed by atoms with Crippen LogP contribution in [0.5, 0.6) is 0 Å². The second-order valence-corrected chi connectivity index (χ2v) is 0. The Labute approximate surface area is 65.7 Å². The Bertz CT molecular complexity index is 8.00. The van der Waals surface area contributed by atoms with E-state index in [-0.39, 0.29) is 66.2 Å². The Morgan fingerprint density at radius 1 is 1.00 bits per heavy atom. The van der Waals surface area contributed by atoms with Crippen LogP contribution in [0.1, 0.15) is 0 Å². The van der Waals surface area contributed by atoms with Crippen molar-refractivity contribution in [1.82, 2.24) is 0 Å². The Morgan fingerprint density at radius 3 is 1.00 bits per heavy atom. The van der Waals surface area contributed by atoms with Crippen LogP contribution in [0.15, 0.2) is 0 Å². The van der Waals surface area contributed by atoms with Gasteiger partial charge in [-0.05, 0) is 11.0 Å². The molecular formula is H4CoCrMoSi. The molecule has 0 aliphatic rings. The molecule has 0 bridgehead atoms. The molecule has 0 aliphatic carbocycles. The summed E-state index contributed by atoms with van der Waals surface area (Å²) in [6, 6.07) is 0. The van der Waals surface area contributed by atoms with Crippen molar-refractivity contribution in [3.8, 4) is 0 Å². The van der Waals surface area contributed by atoms with Gasteiger partial charge in [-0.3, -0.25) is 0 Å². The summed E-state index contributed by atoms with van der Waals surface area (Å²) in [5, 5.41) is 0. The summed E-state index contributed by atoms with van der Waals surface area (Å²) in [5.74, 6) is 0. The van der Waals surface area contributed by atoms with Crippen molar-refractivity contribution in [2.24, 2.45) is 0 Å². The number of rotatable bonds is 0. The fourth-order valence-electron chi connectivity index (χ4n) is 0. The van der Waals surface area contributed by atoms with Gasteiger partial charge in [0.1, 0.15) is 0 Å². The normalized spacial score (nSPS) is 0. The van der Waals surface area contributed by atoms with E-state index in [1.165, 1.54) is 0 Å². The predicted octanol–water partition coefficient (Wildman–Crippen LogP) is -1.46. The van der Waals surface area contributed by atoms with E-state index in [2.05, 4.69) is 0 Å². The van der Waals surface area contributed by atoms with Crippen LogP contribution in [0.25, 0.3) is 0 Å². The van der Waals surface area contributed by atoms with Gasteiger partial charge in [0, 0.05) is 55.2 Å². The van der Waals surface area contributed by atoms with Crippen molar-refractivity contribution in [2.75, 3.05) is 0 Å². The number of hydrogen-bond acceptors (Lipinski definition) is 0. The van der Waals surface area contributed by atoms with Gasteiger partial charge in [-0.25, -0.2) is 0 Å². The minimum absolute atomic E-state index is 0. The molecule has 0 heterocycles. The summed E-state index contributed by atoms with van der Waals surface area (Å²) >= 11 is 0. The van der Waals surface area contributed by atoms with E-state index in [9.17, 15) is 0 Å². The molecule has 1 radical (unpaired) electrons. The number of hydrogen-bond donors (Lipinski definition) is 0. The topological polar surface area (TPSA) is 0 Å². The van der Waals surface area contributed by atoms with Gasteiger partial charge in [0.2, 0.25) is 0 Å². The third-order valence-electron chi connectivity index (χ3n) is 0. The fraction of sp³-hybridized carbons (Fsp3) is 0. The molecule has 0 saturated carbocycles. The quantitative estimate of drug-likeness (QED) is 0.453. The van der Waals surface area contributed by atoms with Gasteiger partial charge < -0.3 is 0 Å². The molecule has 29 valence electrons. The molecule has 0 aromatic heterocycles. The summed E-state index contributed by atoms with van der Waals surface area (Å²) in [4.78, 5) is 0. The fourth-order valence-corrected chi connectivity index (χ4v) is 0. The summed E-state index contributed by atoms with van der Waals surface area (Å²) in [5.41, 5.74) is 0. The van der Waals surface area contributed by atoms with Crippen LogP contribution in [-0.4, -0.2) is 11.0 Å². The van der Waals surface area contributed by atoms with Crippen LogP contribution in [0.3, 0.4) is 0 Å². The third kappa shape index (κ3) is 9.05. The Kier molecular flexibility index (Phi) is 196. The third-order valence-corrected chi connectivity index (χ3v) is 0. The summed E-state index contributed by atoms with van der Waals surface area (Å²) in [7, 11) is 0. The van der Waals surface area contributed by atoms with Gasteiger partial charge in [-0.15, -0.1) is 0 Å². The molecular weight excluding hydrogens is 235 g/mol. The first-order chi connectivity index (χ1) is 0. The van der Waals surface area contributed by atoms with E-state index in [0.29, 0.717) is 0 Å². The van der Waals surface area contributed by atoms with Crippen LogP contribution >= 0.6 is 0 Å². The average Bonchev–Trinajstić information content (AvgIpc) is 0. The smallest absolute Gasteiger partial charge is 0 e. The molecule has 4 heteroatoms. The van der Waals surface area contributed by atoms with Crippen LogP contribution in [0, 0.1) is 0 Å². The molecule has 0 amide bonds. The Morgan fingerprint density at radius 2 is 1.00 bits per heavy atom. The monoisotopic (exact) mass is 241 g/mol. The maximum atomic E-state index is 0. The molecule has 0 rings (SSSR count). The van der Waals surface area contributed by atoms with Gasteiger partial charge >= 0.3 is 0 Å². The van der Waals surface area contributed by atoms with Gasteiger partial charge in [0.25, 0.3) is 0 Å². The molecule has 0 aromatic carbocycles. The summed E-state index contributed by atoms with van der Waals surface area (Å²) in [6.07, 6.45) is 0. The molecule has 0 spiro atoms. The zero-order valence-corrected chi connectivity index (χ0v) is 5.47. The van der Waals surface area contributed by atoms with Gasteiger partial charge in [-0.1, -0.05) is 0 Å². The van der Waals surface area contributed by atoms with Gasteiger partial charge in [-0.2, -0.15) is 0 Å². The standard InChI is InChI=1S/Co.Cr.Mo.H4Si/h;;;1H4. The SMILES string of the molecule is [Co].[Cr].[Mo].[SiH4]. The van der Waals surface area contributed by atoms with Gasteiger partial charge in [0.15, 0.2) is 0 Å². The van der Waals surface area contributed by atoms with Crippen LogP contribution < -0.4 is 0 Å². The first kappa shape index (κ1) is 38.4. The minimum Gasteiger partial charge on any atom is -0.0149 e. The van der Waals surface area contributed by atoms with E-state index < -0.39 is 0 Å². The van der Waals surface area contributed by atoms with Crippen molar-refractivity contribution in [3.05, 3.63) is 0 Å². The van der Waals surface area contributed by atoms with Crippen molar-refractivity contribution in [1.29, 1.82) is 0 Å². The van der Waals surface area contributed by atoms with Crippen molar-refractivity contribution < 1.29 is 55.2 Å². The average molecular weight is 239 g/mol. The summed E-state index contributed by atoms with van der Waals surface area (Å²) < 4.78 is 0. The second-order valence-electron chi connectivity index (χ2n) is 0. The molecule has 0 N–H and O–H groups in total. The largest absolute Gasteiger partial charge is 0.0149 e. The van der Waals surface area contributed by atoms with E-state index in [4.69, 9.17) is 0 Å². The van der Waals surface area contributed by atoms with E-state index >= 15 is 0 Å². The molecule has 4 heavy (non-hydrogen) atoms.